The van der Waals surface area contributed by atoms with E-state index in [1.807, 2.05) is 0 Å². The molecule has 0 heterocycles. The molecule has 68 valence electrons. The maximum absolute atomic E-state index is 12.8. The Morgan fingerprint density at radius 2 is 1.92 bits per heavy atom. The highest BCUT2D eigenvalue weighted by molar-refractivity contribution is 6.30. The summed E-state index contributed by atoms with van der Waals surface area (Å²) in [5, 5.41) is -0.493. The maximum Gasteiger partial charge on any atom is 0.149 e. The molecule has 5 heteroatoms. The zero-order valence-electron chi connectivity index (χ0n) is 5.98. The van der Waals surface area contributed by atoms with E-state index < -0.39 is 16.7 Å². The summed E-state index contributed by atoms with van der Waals surface area (Å²) in [6, 6.07) is 2.37. The molecule has 1 nitrogen and oxygen atoms in total. The van der Waals surface area contributed by atoms with Gasteiger partial charge < -0.3 is 5.73 Å². The molecule has 0 unspecified atom stereocenters. The maximum atomic E-state index is 12.8. The molecule has 0 aliphatic rings. The second-order valence-corrected chi connectivity index (χ2v) is 2.42. The lowest BCUT2D eigenvalue weighted by atomic mass is 10.2. The summed E-state index contributed by atoms with van der Waals surface area (Å²) in [4.78, 5) is 0. The number of hydrogen-bond acceptors (Lipinski definition) is 1. The number of nitrogens with two attached hydrogens (primary N) is 1. The first kappa shape index (κ1) is 11.6. The molecular formula is C7H7Cl2F2N. The van der Waals surface area contributed by atoms with Crippen LogP contribution in [0.1, 0.15) is 5.56 Å². The Balaban J connectivity index is 0.00000121. The Kier molecular flexibility index (Phi) is 4.45. The van der Waals surface area contributed by atoms with Crippen molar-refractivity contribution in [2.45, 2.75) is 6.54 Å². The first-order valence-electron chi connectivity index (χ1n) is 2.99. The van der Waals surface area contributed by atoms with Gasteiger partial charge in [0.05, 0.1) is 0 Å². The summed E-state index contributed by atoms with van der Waals surface area (Å²) in [5.74, 6) is -1.53. The van der Waals surface area contributed by atoms with Gasteiger partial charge in [-0.05, 0) is 6.07 Å². The SMILES string of the molecule is Cl.NCc1ccc(F)c(Cl)c1F. The summed E-state index contributed by atoms with van der Waals surface area (Å²) in [6.07, 6.45) is 0. The Morgan fingerprint density at radius 3 is 2.42 bits per heavy atom. The zero-order chi connectivity index (χ0) is 8.43. The predicted molar refractivity (Wildman–Crippen MR) is 46.5 cm³/mol. The molecular weight excluding hydrogens is 207 g/mol. The minimum atomic E-state index is -0.769. The number of rotatable bonds is 1. The molecule has 0 spiro atoms. The smallest absolute Gasteiger partial charge is 0.149 e. The average molecular weight is 214 g/mol. The van der Waals surface area contributed by atoms with Crippen molar-refractivity contribution in [3.8, 4) is 0 Å². The van der Waals surface area contributed by atoms with Gasteiger partial charge in [-0.3, -0.25) is 0 Å². The van der Waals surface area contributed by atoms with Gasteiger partial charge in [0, 0.05) is 12.1 Å². The highest BCUT2D eigenvalue weighted by Gasteiger charge is 2.09. The Labute approximate surface area is 79.9 Å². The van der Waals surface area contributed by atoms with E-state index >= 15 is 0 Å². The van der Waals surface area contributed by atoms with Crippen LogP contribution >= 0.6 is 24.0 Å². The summed E-state index contributed by atoms with van der Waals surface area (Å²) in [7, 11) is 0. The van der Waals surface area contributed by atoms with E-state index in [9.17, 15) is 8.78 Å². The van der Waals surface area contributed by atoms with E-state index in [4.69, 9.17) is 17.3 Å². The Morgan fingerprint density at radius 1 is 1.33 bits per heavy atom. The highest BCUT2D eigenvalue weighted by atomic mass is 35.5. The molecule has 0 aliphatic carbocycles. The van der Waals surface area contributed by atoms with Crippen LogP contribution < -0.4 is 5.73 Å². The van der Waals surface area contributed by atoms with Crippen LogP contribution in [0.5, 0.6) is 0 Å². The summed E-state index contributed by atoms with van der Waals surface area (Å²) < 4.78 is 25.3. The predicted octanol–water partition coefficient (Wildman–Crippen LogP) is 2.50. The molecule has 2 N–H and O–H groups in total. The van der Waals surface area contributed by atoms with Gasteiger partial charge in [-0.25, -0.2) is 8.78 Å². The van der Waals surface area contributed by atoms with Gasteiger partial charge in [-0.2, -0.15) is 0 Å². The third kappa shape index (κ3) is 2.06. The molecule has 0 aliphatic heterocycles. The van der Waals surface area contributed by atoms with E-state index in [-0.39, 0.29) is 24.5 Å². The van der Waals surface area contributed by atoms with Crippen LogP contribution in [0.15, 0.2) is 12.1 Å². The zero-order valence-corrected chi connectivity index (χ0v) is 7.55. The standard InChI is InChI=1S/C7H6ClF2N.ClH/c8-6-5(9)2-1-4(3-11)7(6)10;/h1-2H,3,11H2;1H. The minimum absolute atomic E-state index is 0. The van der Waals surface area contributed by atoms with Gasteiger partial charge in [0.2, 0.25) is 0 Å². The summed E-state index contributed by atoms with van der Waals surface area (Å²) in [5.41, 5.74) is 5.37. The molecule has 0 saturated heterocycles. The molecule has 0 fully saturated rings. The quantitative estimate of drug-likeness (QED) is 0.714. The van der Waals surface area contributed by atoms with Crippen LogP contribution in [-0.2, 0) is 6.54 Å². The molecule has 1 aromatic rings. The third-order valence-corrected chi connectivity index (χ3v) is 1.68. The molecule has 0 aromatic heterocycles. The van der Waals surface area contributed by atoms with Crippen molar-refractivity contribution >= 4 is 24.0 Å². The van der Waals surface area contributed by atoms with Crippen LogP contribution in [0, 0.1) is 11.6 Å². The topological polar surface area (TPSA) is 26.0 Å². The van der Waals surface area contributed by atoms with E-state index in [0.29, 0.717) is 0 Å². The first-order chi connectivity index (χ1) is 5.16. The van der Waals surface area contributed by atoms with Crippen molar-refractivity contribution in [1.82, 2.24) is 0 Å². The average Bonchev–Trinajstić information content (AvgIpc) is 2.01. The lowest BCUT2D eigenvalue weighted by molar-refractivity contribution is 0.573. The van der Waals surface area contributed by atoms with Crippen molar-refractivity contribution in [3.05, 3.63) is 34.4 Å². The first-order valence-corrected chi connectivity index (χ1v) is 3.37. The van der Waals surface area contributed by atoms with E-state index in [2.05, 4.69) is 0 Å². The van der Waals surface area contributed by atoms with Gasteiger partial charge >= 0.3 is 0 Å². The van der Waals surface area contributed by atoms with Crippen molar-refractivity contribution in [2.24, 2.45) is 5.73 Å². The number of hydrogen-bond donors (Lipinski definition) is 1. The van der Waals surface area contributed by atoms with Crippen molar-refractivity contribution in [3.63, 3.8) is 0 Å². The second kappa shape index (κ2) is 4.60. The molecule has 0 bridgehead atoms. The van der Waals surface area contributed by atoms with Crippen molar-refractivity contribution in [2.75, 3.05) is 0 Å². The monoisotopic (exact) mass is 213 g/mol. The Hall–Kier alpha value is -0.380. The largest absolute Gasteiger partial charge is 0.326 e. The summed E-state index contributed by atoms with van der Waals surface area (Å²) in [6.45, 7) is 0.0197. The lowest BCUT2D eigenvalue weighted by Gasteiger charge is -2.00. The van der Waals surface area contributed by atoms with Crippen LogP contribution in [0.4, 0.5) is 8.78 Å². The second-order valence-electron chi connectivity index (χ2n) is 2.04. The van der Waals surface area contributed by atoms with Crippen molar-refractivity contribution < 1.29 is 8.78 Å². The molecule has 12 heavy (non-hydrogen) atoms. The number of halogens is 4. The molecule has 0 atom stereocenters. The fourth-order valence-corrected chi connectivity index (χ4v) is 0.908. The van der Waals surface area contributed by atoms with Gasteiger partial charge in [0.25, 0.3) is 0 Å². The van der Waals surface area contributed by atoms with Crippen LogP contribution in [0.3, 0.4) is 0 Å². The third-order valence-electron chi connectivity index (χ3n) is 1.34. The van der Waals surface area contributed by atoms with E-state index in [0.717, 1.165) is 6.07 Å². The van der Waals surface area contributed by atoms with Crippen molar-refractivity contribution in [1.29, 1.82) is 0 Å². The normalized spacial score (nSPS) is 9.33. The van der Waals surface area contributed by atoms with Crippen LogP contribution in [0.25, 0.3) is 0 Å². The van der Waals surface area contributed by atoms with Gasteiger partial charge in [0.15, 0.2) is 0 Å². The molecule has 0 radical (unpaired) electrons. The minimum Gasteiger partial charge on any atom is -0.326 e. The summed E-state index contributed by atoms with van der Waals surface area (Å²) >= 11 is 5.26. The van der Waals surface area contributed by atoms with Gasteiger partial charge in [0.1, 0.15) is 16.7 Å². The molecule has 1 aromatic carbocycles. The lowest BCUT2D eigenvalue weighted by Crippen LogP contribution is -2.00. The highest BCUT2D eigenvalue weighted by Crippen LogP contribution is 2.21. The van der Waals surface area contributed by atoms with Gasteiger partial charge in [-0.1, -0.05) is 17.7 Å². The van der Waals surface area contributed by atoms with Gasteiger partial charge in [-0.15, -0.1) is 12.4 Å². The molecule has 0 saturated carbocycles. The Bertz CT molecular complexity index is 278. The van der Waals surface area contributed by atoms with E-state index in [1.165, 1.54) is 6.07 Å². The number of benzene rings is 1. The molecule has 1 rings (SSSR count). The fourth-order valence-electron chi connectivity index (χ4n) is 0.724. The van der Waals surface area contributed by atoms with Crippen LogP contribution in [-0.4, -0.2) is 0 Å². The van der Waals surface area contributed by atoms with Crippen LogP contribution in [0.2, 0.25) is 5.02 Å². The van der Waals surface area contributed by atoms with E-state index in [1.54, 1.807) is 0 Å². The molecule has 0 amide bonds. The fraction of sp³-hybridized carbons (Fsp3) is 0.143.